The molecule has 2 aliphatic rings. The van der Waals surface area contributed by atoms with Crippen molar-refractivity contribution in [3.8, 4) is 0 Å². The highest BCUT2D eigenvalue weighted by atomic mass is 16.2. The Morgan fingerprint density at radius 3 is 2.33 bits per heavy atom. The highest BCUT2D eigenvalue weighted by Gasteiger charge is 2.31. The molecule has 1 aromatic rings. The summed E-state index contributed by atoms with van der Waals surface area (Å²) in [5.41, 5.74) is 6.75. The van der Waals surface area contributed by atoms with Crippen LogP contribution < -0.4 is 11.1 Å². The number of nitrogens with two attached hydrogens (primary N) is 1. The number of likely N-dealkylation sites (tertiary alicyclic amines) is 1. The second-order valence-corrected chi connectivity index (χ2v) is 6.35. The van der Waals surface area contributed by atoms with E-state index in [1.165, 1.54) is 24.8 Å². The third kappa shape index (κ3) is 3.38. The van der Waals surface area contributed by atoms with E-state index >= 15 is 0 Å². The van der Waals surface area contributed by atoms with Crippen LogP contribution in [0.1, 0.15) is 43.7 Å². The molecule has 1 aromatic carbocycles. The Balaban J connectivity index is 1.62. The summed E-state index contributed by atoms with van der Waals surface area (Å²) >= 11 is 0. The Labute approximate surface area is 126 Å². The first kappa shape index (κ1) is 14.4. The third-order valence-electron chi connectivity index (χ3n) is 5.00. The van der Waals surface area contributed by atoms with Gasteiger partial charge in [-0.25, -0.2) is 4.79 Å². The molecule has 4 nitrogen and oxygen atoms in total. The minimum Gasteiger partial charge on any atom is -0.351 e. The number of carbonyl (C=O) groups excluding carboxylic acids is 1. The van der Waals surface area contributed by atoms with Crippen LogP contribution in [0.3, 0.4) is 0 Å². The lowest BCUT2D eigenvalue weighted by atomic mass is 9.76. The highest BCUT2D eigenvalue weighted by Crippen LogP contribution is 2.38. The first-order valence-corrected chi connectivity index (χ1v) is 8.09. The van der Waals surface area contributed by atoms with Crippen LogP contribution >= 0.6 is 0 Å². The van der Waals surface area contributed by atoms with Crippen LogP contribution in [0.2, 0.25) is 0 Å². The van der Waals surface area contributed by atoms with E-state index in [1.807, 2.05) is 0 Å². The molecule has 1 aliphatic heterocycles. The van der Waals surface area contributed by atoms with Crippen molar-refractivity contribution >= 4 is 6.03 Å². The van der Waals surface area contributed by atoms with Crippen molar-refractivity contribution in [2.45, 2.75) is 44.2 Å². The zero-order valence-electron chi connectivity index (χ0n) is 12.5. The normalized spacial score (nSPS) is 21.8. The maximum Gasteiger partial charge on any atom is 0.314 e. The highest BCUT2D eigenvalue weighted by molar-refractivity contribution is 5.72. The lowest BCUT2D eigenvalue weighted by Gasteiger charge is -2.39. The molecule has 0 aromatic heterocycles. The quantitative estimate of drug-likeness (QED) is 0.894. The van der Waals surface area contributed by atoms with Gasteiger partial charge in [-0.3, -0.25) is 0 Å². The number of hydrogen-bond donors (Lipinski definition) is 2. The molecule has 1 saturated carbocycles. The van der Waals surface area contributed by atoms with Crippen molar-refractivity contribution < 1.29 is 4.79 Å². The van der Waals surface area contributed by atoms with Crippen molar-refractivity contribution in [1.82, 2.24) is 10.2 Å². The summed E-state index contributed by atoms with van der Waals surface area (Å²) in [7, 11) is 0. The molecule has 0 bridgehead atoms. The van der Waals surface area contributed by atoms with Gasteiger partial charge in [0.05, 0.1) is 0 Å². The molecule has 1 aliphatic carbocycles. The van der Waals surface area contributed by atoms with Crippen molar-refractivity contribution in [1.29, 1.82) is 0 Å². The van der Waals surface area contributed by atoms with Gasteiger partial charge in [0.2, 0.25) is 0 Å². The molecule has 3 rings (SSSR count). The summed E-state index contributed by atoms with van der Waals surface area (Å²) < 4.78 is 0. The number of amides is 2. The Kier molecular flexibility index (Phi) is 4.44. The fourth-order valence-corrected chi connectivity index (χ4v) is 3.46. The van der Waals surface area contributed by atoms with Crippen molar-refractivity contribution in [3.63, 3.8) is 0 Å². The minimum absolute atomic E-state index is 0.285. The molecule has 3 N–H and O–H groups in total. The summed E-state index contributed by atoms with van der Waals surface area (Å²) in [6.07, 6.45) is 6.01. The van der Waals surface area contributed by atoms with Gasteiger partial charge in [-0.2, -0.15) is 0 Å². The summed E-state index contributed by atoms with van der Waals surface area (Å²) in [5, 5.41) is 3.85. The molecule has 0 unspecified atom stereocenters. The smallest absolute Gasteiger partial charge is 0.314 e. The molecule has 2 fully saturated rings. The van der Waals surface area contributed by atoms with Crippen LogP contribution in [-0.4, -0.2) is 30.1 Å². The van der Waals surface area contributed by atoms with Crippen LogP contribution in [0.15, 0.2) is 30.3 Å². The molecule has 4 heteroatoms. The fourth-order valence-electron chi connectivity index (χ4n) is 3.46. The molecule has 1 saturated heterocycles. The number of nitrogens with one attached hydrogen (secondary N) is 1. The van der Waals surface area contributed by atoms with Crippen molar-refractivity contribution in [3.05, 3.63) is 35.9 Å². The maximum absolute atomic E-state index is 11.2. The molecule has 21 heavy (non-hydrogen) atoms. The number of carbonyl (C=O) groups is 1. The Morgan fingerprint density at radius 1 is 1.14 bits per heavy atom. The van der Waals surface area contributed by atoms with Crippen LogP contribution in [0, 0.1) is 5.92 Å². The lowest BCUT2D eigenvalue weighted by Crippen LogP contribution is -2.48. The van der Waals surface area contributed by atoms with Gasteiger partial charge in [-0.15, -0.1) is 0 Å². The second kappa shape index (κ2) is 6.48. The van der Waals surface area contributed by atoms with Gasteiger partial charge in [-0.1, -0.05) is 36.8 Å². The van der Waals surface area contributed by atoms with Gasteiger partial charge in [0.1, 0.15) is 0 Å². The average Bonchev–Trinajstić information content (AvgIpc) is 2.46. The average molecular weight is 287 g/mol. The predicted octanol–water partition coefficient (Wildman–Crippen LogP) is 2.66. The zero-order chi connectivity index (χ0) is 14.7. The fraction of sp³-hybridized carbons (Fsp3) is 0.588. The monoisotopic (exact) mass is 287 g/mol. The van der Waals surface area contributed by atoms with Gasteiger partial charge >= 0.3 is 6.03 Å². The molecule has 1 atom stereocenters. The van der Waals surface area contributed by atoms with Crippen molar-refractivity contribution in [2.24, 2.45) is 11.7 Å². The summed E-state index contributed by atoms with van der Waals surface area (Å²) in [5.74, 6) is 0.765. The molecular formula is C17H25N3O. The molecule has 0 radical (unpaired) electrons. The van der Waals surface area contributed by atoms with Crippen molar-refractivity contribution in [2.75, 3.05) is 13.1 Å². The van der Waals surface area contributed by atoms with Crippen LogP contribution in [-0.2, 0) is 0 Å². The number of rotatable bonds is 4. The lowest BCUT2D eigenvalue weighted by molar-refractivity contribution is 0.164. The Morgan fingerprint density at radius 2 is 1.81 bits per heavy atom. The first-order chi connectivity index (χ1) is 10.2. The maximum atomic E-state index is 11.2. The number of urea groups is 1. The van der Waals surface area contributed by atoms with E-state index in [-0.39, 0.29) is 6.03 Å². The zero-order valence-corrected chi connectivity index (χ0v) is 12.5. The second-order valence-electron chi connectivity index (χ2n) is 6.35. The van der Waals surface area contributed by atoms with E-state index in [4.69, 9.17) is 5.73 Å². The van der Waals surface area contributed by atoms with E-state index in [0.29, 0.717) is 12.1 Å². The van der Waals surface area contributed by atoms with Crippen LogP contribution in [0.25, 0.3) is 0 Å². The Hall–Kier alpha value is -1.55. The summed E-state index contributed by atoms with van der Waals surface area (Å²) in [6, 6.07) is 11.5. The van der Waals surface area contributed by atoms with E-state index in [9.17, 15) is 4.79 Å². The number of piperidine rings is 1. The van der Waals surface area contributed by atoms with E-state index < -0.39 is 0 Å². The molecular weight excluding hydrogens is 262 g/mol. The Bertz CT molecular complexity index is 464. The molecule has 114 valence electrons. The number of primary amides is 1. The molecule has 1 heterocycles. The first-order valence-electron chi connectivity index (χ1n) is 8.09. The van der Waals surface area contributed by atoms with Crippen LogP contribution in [0.5, 0.6) is 0 Å². The third-order valence-corrected chi connectivity index (χ3v) is 5.00. The molecule has 2 amide bonds. The minimum atomic E-state index is -0.285. The summed E-state index contributed by atoms with van der Waals surface area (Å²) in [6.45, 7) is 1.55. The van der Waals surface area contributed by atoms with Gasteiger partial charge in [0.25, 0.3) is 0 Å². The van der Waals surface area contributed by atoms with Gasteiger partial charge < -0.3 is 16.0 Å². The predicted molar refractivity (Wildman–Crippen MR) is 83.8 cm³/mol. The largest absolute Gasteiger partial charge is 0.351 e. The topological polar surface area (TPSA) is 58.4 Å². The number of hydrogen-bond acceptors (Lipinski definition) is 2. The number of benzene rings is 1. The van der Waals surface area contributed by atoms with Gasteiger partial charge in [-0.05, 0) is 37.2 Å². The van der Waals surface area contributed by atoms with Crippen LogP contribution in [0.4, 0.5) is 4.79 Å². The van der Waals surface area contributed by atoms with Gasteiger partial charge in [0.15, 0.2) is 0 Å². The summed E-state index contributed by atoms with van der Waals surface area (Å²) in [4.78, 5) is 12.9. The standard InChI is InChI=1S/C17H25N3O/c18-17(21)20-11-9-15(10-12-20)19-16(14-7-4-8-14)13-5-2-1-3-6-13/h1-3,5-6,14-16,19H,4,7-12H2,(H2,18,21)/t16-/m0/s1. The molecule has 0 spiro atoms. The SMILES string of the molecule is NC(=O)N1CCC(N[C@@H](c2ccccc2)C2CCC2)CC1. The number of nitrogens with zero attached hydrogens (tertiary/aromatic N) is 1. The van der Waals surface area contributed by atoms with Gasteiger partial charge in [0, 0.05) is 25.2 Å². The van der Waals surface area contributed by atoms with E-state index in [0.717, 1.165) is 31.8 Å². The van der Waals surface area contributed by atoms with E-state index in [2.05, 4.69) is 35.6 Å². The van der Waals surface area contributed by atoms with E-state index in [1.54, 1.807) is 4.90 Å².